The second-order valence-corrected chi connectivity index (χ2v) is 6.53. The fraction of sp³-hybridized carbons (Fsp3) is 0.0476. The van der Waals surface area contributed by atoms with Gasteiger partial charge in [-0.3, -0.25) is 9.59 Å². The normalized spacial score (nSPS) is 11.1. The van der Waals surface area contributed by atoms with E-state index in [1.54, 1.807) is 30.3 Å². The highest BCUT2D eigenvalue weighted by Crippen LogP contribution is 2.16. The number of hydrogen-bond acceptors (Lipinski definition) is 3. The van der Waals surface area contributed by atoms with E-state index in [2.05, 4.69) is 26.6 Å². The molecule has 5 nitrogen and oxygen atoms in total. The van der Waals surface area contributed by atoms with Gasteiger partial charge in [-0.05, 0) is 45.8 Å². The Morgan fingerprint density at radius 3 is 2.41 bits per heavy atom. The Morgan fingerprint density at radius 1 is 0.963 bits per heavy atom. The maximum Gasteiger partial charge on any atom is 0.268 e. The Kier molecular flexibility index (Phi) is 6.22. The lowest BCUT2D eigenvalue weighted by molar-refractivity contribution is -0.117. The number of carbonyl (C=O) groups is 2. The van der Waals surface area contributed by atoms with Crippen molar-refractivity contribution in [2.45, 2.75) is 6.54 Å². The Bertz CT molecular complexity index is 951. The zero-order chi connectivity index (χ0) is 19.1. The first-order valence-corrected chi connectivity index (χ1v) is 9.06. The molecular formula is C21H17BrN2O3. The SMILES string of the molecule is O=C(NCc1ccccc1)C(=Cc1ccco1)NC(=O)c1ccccc1Br. The van der Waals surface area contributed by atoms with Crippen molar-refractivity contribution in [3.8, 4) is 0 Å². The highest BCUT2D eigenvalue weighted by atomic mass is 79.9. The number of halogens is 1. The summed E-state index contributed by atoms with van der Waals surface area (Å²) in [5.41, 5.74) is 1.49. The minimum Gasteiger partial charge on any atom is -0.465 e. The molecule has 0 fully saturated rings. The van der Waals surface area contributed by atoms with Crippen LogP contribution in [0.3, 0.4) is 0 Å². The van der Waals surface area contributed by atoms with E-state index in [4.69, 9.17) is 4.42 Å². The third-order valence-corrected chi connectivity index (χ3v) is 4.43. The van der Waals surface area contributed by atoms with Crippen molar-refractivity contribution in [1.82, 2.24) is 10.6 Å². The predicted molar refractivity (Wildman–Crippen MR) is 107 cm³/mol. The predicted octanol–water partition coefficient (Wildman–Crippen LogP) is 4.13. The first-order chi connectivity index (χ1) is 13.1. The number of rotatable bonds is 6. The van der Waals surface area contributed by atoms with Crippen LogP contribution in [0.1, 0.15) is 21.7 Å². The zero-order valence-electron chi connectivity index (χ0n) is 14.3. The van der Waals surface area contributed by atoms with Crippen LogP contribution in [-0.2, 0) is 11.3 Å². The second-order valence-electron chi connectivity index (χ2n) is 5.68. The van der Waals surface area contributed by atoms with Crippen molar-refractivity contribution in [3.05, 3.63) is 100 Å². The lowest BCUT2D eigenvalue weighted by Gasteiger charge is -2.11. The van der Waals surface area contributed by atoms with E-state index in [0.29, 0.717) is 22.3 Å². The lowest BCUT2D eigenvalue weighted by atomic mass is 10.2. The Hall–Kier alpha value is -3.12. The van der Waals surface area contributed by atoms with Gasteiger partial charge in [-0.1, -0.05) is 42.5 Å². The summed E-state index contributed by atoms with van der Waals surface area (Å²) < 4.78 is 5.91. The molecule has 0 spiro atoms. The second kappa shape index (κ2) is 9.00. The summed E-state index contributed by atoms with van der Waals surface area (Å²) >= 11 is 3.35. The number of nitrogens with one attached hydrogen (secondary N) is 2. The summed E-state index contributed by atoms with van der Waals surface area (Å²) in [7, 11) is 0. The van der Waals surface area contributed by atoms with Crippen LogP contribution in [0.5, 0.6) is 0 Å². The minimum absolute atomic E-state index is 0.0987. The maximum atomic E-state index is 12.6. The lowest BCUT2D eigenvalue weighted by Crippen LogP contribution is -2.34. The molecule has 0 aliphatic carbocycles. The monoisotopic (exact) mass is 424 g/mol. The van der Waals surface area contributed by atoms with E-state index in [1.165, 1.54) is 12.3 Å². The maximum absolute atomic E-state index is 12.6. The van der Waals surface area contributed by atoms with Crippen LogP contribution in [0.4, 0.5) is 0 Å². The summed E-state index contributed by atoms with van der Waals surface area (Å²) in [6.07, 6.45) is 3.00. The Balaban J connectivity index is 1.78. The number of amides is 2. The van der Waals surface area contributed by atoms with Gasteiger partial charge in [0.1, 0.15) is 11.5 Å². The van der Waals surface area contributed by atoms with Crippen LogP contribution in [0, 0.1) is 0 Å². The molecule has 2 amide bonds. The van der Waals surface area contributed by atoms with E-state index < -0.39 is 11.8 Å². The topological polar surface area (TPSA) is 71.3 Å². The zero-order valence-corrected chi connectivity index (χ0v) is 15.9. The molecule has 6 heteroatoms. The fourth-order valence-corrected chi connectivity index (χ4v) is 2.85. The van der Waals surface area contributed by atoms with Gasteiger partial charge in [0.15, 0.2) is 0 Å². The largest absolute Gasteiger partial charge is 0.465 e. The third-order valence-electron chi connectivity index (χ3n) is 3.74. The van der Waals surface area contributed by atoms with Gasteiger partial charge in [0.05, 0.1) is 11.8 Å². The van der Waals surface area contributed by atoms with E-state index in [1.807, 2.05) is 36.4 Å². The van der Waals surface area contributed by atoms with Crippen LogP contribution in [-0.4, -0.2) is 11.8 Å². The molecule has 2 aromatic carbocycles. The smallest absolute Gasteiger partial charge is 0.268 e. The fourth-order valence-electron chi connectivity index (χ4n) is 2.38. The Morgan fingerprint density at radius 2 is 1.70 bits per heavy atom. The summed E-state index contributed by atoms with van der Waals surface area (Å²) in [5.74, 6) is -0.335. The number of carbonyl (C=O) groups excluding carboxylic acids is 2. The highest BCUT2D eigenvalue weighted by molar-refractivity contribution is 9.10. The van der Waals surface area contributed by atoms with E-state index in [9.17, 15) is 9.59 Å². The molecule has 0 atom stereocenters. The molecule has 0 saturated heterocycles. The number of furan rings is 1. The summed E-state index contributed by atoms with van der Waals surface area (Å²) in [4.78, 5) is 25.2. The standard InChI is InChI=1S/C21H17BrN2O3/c22-18-11-5-4-10-17(18)20(25)24-19(13-16-9-6-12-27-16)21(26)23-14-15-7-2-1-3-8-15/h1-13H,14H2,(H,23,26)(H,24,25). The first-order valence-electron chi connectivity index (χ1n) is 8.26. The van der Waals surface area contributed by atoms with E-state index >= 15 is 0 Å². The molecule has 1 aromatic heterocycles. The summed E-state index contributed by atoms with van der Waals surface area (Å²) in [6.45, 7) is 0.347. The molecule has 2 N–H and O–H groups in total. The highest BCUT2D eigenvalue weighted by Gasteiger charge is 2.16. The van der Waals surface area contributed by atoms with Crippen molar-refractivity contribution in [1.29, 1.82) is 0 Å². The molecule has 0 saturated carbocycles. The van der Waals surface area contributed by atoms with Crippen molar-refractivity contribution >= 4 is 33.8 Å². The number of benzene rings is 2. The first kappa shape index (κ1) is 18.7. The van der Waals surface area contributed by atoms with Crippen LogP contribution >= 0.6 is 15.9 Å². The van der Waals surface area contributed by atoms with Crippen molar-refractivity contribution < 1.29 is 14.0 Å². The number of hydrogen-bond donors (Lipinski definition) is 2. The van der Waals surface area contributed by atoms with Gasteiger partial charge in [-0.2, -0.15) is 0 Å². The molecule has 0 aliphatic heterocycles. The van der Waals surface area contributed by atoms with Crippen molar-refractivity contribution in [3.63, 3.8) is 0 Å². The molecule has 0 bridgehead atoms. The van der Waals surface area contributed by atoms with Gasteiger partial charge in [0, 0.05) is 17.1 Å². The van der Waals surface area contributed by atoms with Gasteiger partial charge in [0.25, 0.3) is 11.8 Å². The van der Waals surface area contributed by atoms with Crippen LogP contribution < -0.4 is 10.6 Å². The van der Waals surface area contributed by atoms with Crippen LogP contribution in [0.15, 0.2) is 87.6 Å². The average Bonchev–Trinajstić information content (AvgIpc) is 3.20. The third kappa shape index (κ3) is 5.18. The van der Waals surface area contributed by atoms with Crippen molar-refractivity contribution in [2.24, 2.45) is 0 Å². The molecule has 0 radical (unpaired) electrons. The molecule has 136 valence electrons. The van der Waals surface area contributed by atoms with Gasteiger partial charge >= 0.3 is 0 Å². The molecular weight excluding hydrogens is 408 g/mol. The Labute approximate surface area is 165 Å². The van der Waals surface area contributed by atoms with Crippen molar-refractivity contribution in [2.75, 3.05) is 0 Å². The minimum atomic E-state index is -0.407. The van der Waals surface area contributed by atoms with Gasteiger partial charge in [-0.15, -0.1) is 0 Å². The van der Waals surface area contributed by atoms with Gasteiger partial charge < -0.3 is 15.1 Å². The molecule has 1 heterocycles. The van der Waals surface area contributed by atoms with Gasteiger partial charge in [0.2, 0.25) is 0 Å². The molecule has 3 rings (SSSR count). The molecule has 0 aliphatic rings. The molecule has 27 heavy (non-hydrogen) atoms. The molecule has 3 aromatic rings. The quantitative estimate of drug-likeness (QED) is 0.584. The van der Waals surface area contributed by atoms with Gasteiger partial charge in [-0.25, -0.2) is 0 Å². The average molecular weight is 425 g/mol. The van der Waals surface area contributed by atoms with E-state index in [0.717, 1.165) is 5.56 Å². The van der Waals surface area contributed by atoms with Crippen LogP contribution in [0.2, 0.25) is 0 Å². The molecule has 0 unspecified atom stereocenters. The summed E-state index contributed by atoms with van der Waals surface area (Å²) in [5, 5.41) is 5.48. The summed E-state index contributed by atoms with van der Waals surface area (Å²) in [6, 6.07) is 19.9. The van der Waals surface area contributed by atoms with Crippen LogP contribution in [0.25, 0.3) is 6.08 Å². The van der Waals surface area contributed by atoms with E-state index in [-0.39, 0.29) is 5.70 Å².